The van der Waals surface area contributed by atoms with Crippen LogP contribution >= 0.6 is 27.3 Å². The summed E-state index contributed by atoms with van der Waals surface area (Å²) < 4.78 is 7.69. The Hall–Kier alpha value is -2.78. The van der Waals surface area contributed by atoms with Crippen LogP contribution in [0.2, 0.25) is 0 Å². The van der Waals surface area contributed by atoms with Gasteiger partial charge in [0, 0.05) is 15.6 Å². The Morgan fingerprint density at radius 1 is 1.12 bits per heavy atom. The van der Waals surface area contributed by atoms with Gasteiger partial charge in [0.05, 0.1) is 7.11 Å². The zero-order valence-electron chi connectivity index (χ0n) is 13.5. The van der Waals surface area contributed by atoms with Gasteiger partial charge in [0.2, 0.25) is 10.1 Å². The number of fused-ring (bicyclic) bond motifs is 1. The quantitative estimate of drug-likeness (QED) is 0.532. The summed E-state index contributed by atoms with van der Waals surface area (Å²) in [4.78, 5) is 12.9. The van der Waals surface area contributed by atoms with Crippen LogP contribution in [0.5, 0.6) is 5.75 Å². The number of nitrogens with one attached hydrogen (secondary N) is 1. The van der Waals surface area contributed by atoms with E-state index in [0.717, 1.165) is 15.8 Å². The molecule has 4 aromatic rings. The van der Waals surface area contributed by atoms with Crippen molar-refractivity contribution in [1.82, 2.24) is 19.8 Å². The average molecular weight is 430 g/mol. The van der Waals surface area contributed by atoms with E-state index in [4.69, 9.17) is 4.74 Å². The molecule has 0 aliphatic carbocycles. The monoisotopic (exact) mass is 429 g/mol. The Morgan fingerprint density at radius 2 is 1.85 bits per heavy atom. The van der Waals surface area contributed by atoms with E-state index in [2.05, 4.69) is 36.5 Å². The number of hydrogen-bond donors (Lipinski definition) is 1. The van der Waals surface area contributed by atoms with Gasteiger partial charge in [-0.3, -0.25) is 10.1 Å². The molecule has 130 valence electrons. The molecule has 0 radical (unpaired) electrons. The molecule has 0 bridgehead atoms. The van der Waals surface area contributed by atoms with Crippen LogP contribution < -0.4 is 10.1 Å². The largest absolute Gasteiger partial charge is 0.497 e. The second-order valence-electron chi connectivity index (χ2n) is 5.31. The molecule has 7 nitrogen and oxygen atoms in total. The second-order valence-corrected chi connectivity index (χ2v) is 7.19. The van der Waals surface area contributed by atoms with Gasteiger partial charge in [-0.25, -0.2) is 0 Å². The first-order chi connectivity index (χ1) is 12.6. The number of ether oxygens (including phenoxy) is 1. The molecule has 26 heavy (non-hydrogen) atoms. The van der Waals surface area contributed by atoms with E-state index < -0.39 is 0 Å². The maximum Gasteiger partial charge on any atom is 0.257 e. The minimum absolute atomic E-state index is 0.228. The molecule has 2 aromatic heterocycles. The number of hydrogen-bond acceptors (Lipinski definition) is 6. The number of nitrogens with zero attached hydrogens (tertiary/aromatic N) is 4. The SMILES string of the molecule is COc1ccc(-c2nnc3sc(NC(=O)c4ccc(Br)cc4)nn23)cc1. The van der Waals surface area contributed by atoms with Crippen molar-refractivity contribution in [1.29, 1.82) is 0 Å². The Morgan fingerprint density at radius 3 is 2.54 bits per heavy atom. The summed E-state index contributed by atoms with van der Waals surface area (Å²) in [5.41, 5.74) is 1.41. The van der Waals surface area contributed by atoms with E-state index in [0.29, 0.717) is 21.5 Å². The van der Waals surface area contributed by atoms with Crippen LogP contribution in [0.15, 0.2) is 53.0 Å². The van der Waals surface area contributed by atoms with Crippen LogP contribution in [0.1, 0.15) is 10.4 Å². The van der Waals surface area contributed by atoms with E-state index >= 15 is 0 Å². The second kappa shape index (κ2) is 6.85. The van der Waals surface area contributed by atoms with Gasteiger partial charge in [0.1, 0.15) is 5.75 Å². The fraction of sp³-hybridized carbons (Fsp3) is 0.0588. The molecule has 2 aromatic carbocycles. The van der Waals surface area contributed by atoms with Crippen LogP contribution in [0.3, 0.4) is 0 Å². The zero-order chi connectivity index (χ0) is 18.1. The summed E-state index contributed by atoms with van der Waals surface area (Å²) in [6, 6.07) is 14.6. The minimum Gasteiger partial charge on any atom is -0.497 e. The summed E-state index contributed by atoms with van der Waals surface area (Å²) in [5, 5.41) is 16.0. The third-order valence-electron chi connectivity index (χ3n) is 3.67. The molecule has 0 atom stereocenters. The Kier molecular flexibility index (Phi) is 4.39. The number of halogens is 1. The van der Waals surface area contributed by atoms with Gasteiger partial charge in [0.25, 0.3) is 5.91 Å². The normalized spacial score (nSPS) is 10.8. The van der Waals surface area contributed by atoms with Gasteiger partial charge < -0.3 is 4.74 Å². The predicted octanol–water partition coefficient (Wildman–Crippen LogP) is 3.88. The molecular weight excluding hydrogens is 418 g/mol. The highest BCUT2D eigenvalue weighted by Crippen LogP contribution is 2.25. The highest BCUT2D eigenvalue weighted by Gasteiger charge is 2.15. The molecule has 1 N–H and O–H groups in total. The lowest BCUT2D eigenvalue weighted by atomic mass is 10.2. The van der Waals surface area contributed by atoms with Crippen molar-refractivity contribution in [3.05, 3.63) is 58.6 Å². The molecule has 0 saturated heterocycles. The van der Waals surface area contributed by atoms with Crippen LogP contribution in [0.25, 0.3) is 16.3 Å². The number of methoxy groups -OCH3 is 1. The number of anilines is 1. The third-order valence-corrected chi connectivity index (χ3v) is 5.01. The van der Waals surface area contributed by atoms with E-state index in [9.17, 15) is 4.79 Å². The minimum atomic E-state index is -0.228. The lowest BCUT2D eigenvalue weighted by molar-refractivity contribution is 0.102. The third kappa shape index (κ3) is 3.18. The molecule has 1 amide bonds. The Bertz CT molecular complexity index is 1070. The van der Waals surface area contributed by atoms with E-state index in [1.165, 1.54) is 11.3 Å². The van der Waals surface area contributed by atoms with Gasteiger partial charge in [0.15, 0.2) is 5.82 Å². The van der Waals surface area contributed by atoms with Gasteiger partial charge in [-0.15, -0.1) is 15.3 Å². The Labute approximate surface area is 160 Å². The van der Waals surface area contributed by atoms with Gasteiger partial charge in [-0.05, 0) is 48.5 Å². The smallest absolute Gasteiger partial charge is 0.257 e. The van der Waals surface area contributed by atoms with Crippen molar-refractivity contribution in [2.45, 2.75) is 0 Å². The molecule has 4 rings (SSSR count). The maximum atomic E-state index is 12.3. The number of carbonyl (C=O) groups excluding carboxylic acids is 1. The van der Waals surface area contributed by atoms with Crippen molar-refractivity contribution in [2.75, 3.05) is 12.4 Å². The van der Waals surface area contributed by atoms with E-state index in [1.54, 1.807) is 23.8 Å². The molecular formula is C17H12BrN5O2S. The molecule has 0 spiro atoms. The summed E-state index contributed by atoms with van der Waals surface area (Å²) in [5.74, 6) is 1.13. The van der Waals surface area contributed by atoms with E-state index in [1.807, 2.05) is 36.4 Å². The van der Waals surface area contributed by atoms with Crippen LogP contribution in [0.4, 0.5) is 5.13 Å². The van der Waals surface area contributed by atoms with Crippen molar-refractivity contribution < 1.29 is 9.53 Å². The fourth-order valence-electron chi connectivity index (χ4n) is 2.36. The summed E-state index contributed by atoms with van der Waals surface area (Å²) in [6.07, 6.45) is 0. The lowest BCUT2D eigenvalue weighted by Gasteiger charge is -2.02. The first kappa shape index (κ1) is 16.7. The Balaban J connectivity index is 1.61. The summed E-state index contributed by atoms with van der Waals surface area (Å²) in [6.45, 7) is 0. The molecule has 2 heterocycles. The number of amides is 1. The number of rotatable bonds is 4. The molecule has 0 aliphatic heterocycles. The first-order valence-electron chi connectivity index (χ1n) is 7.57. The van der Waals surface area contributed by atoms with Crippen molar-refractivity contribution in [3.8, 4) is 17.1 Å². The lowest BCUT2D eigenvalue weighted by Crippen LogP contribution is -2.11. The van der Waals surface area contributed by atoms with E-state index in [-0.39, 0.29) is 5.91 Å². The summed E-state index contributed by atoms with van der Waals surface area (Å²) >= 11 is 4.61. The predicted molar refractivity (Wildman–Crippen MR) is 103 cm³/mol. The van der Waals surface area contributed by atoms with Crippen molar-refractivity contribution in [2.24, 2.45) is 0 Å². The molecule has 0 saturated carbocycles. The topological polar surface area (TPSA) is 81.4 Å². The summed E-state index contributed by atoms with van der Waals surface area (Å²) in [7, 11) is 1.62. The number of benzene rings is 2. The fourth-order valence-corrected chi connectivity index (χ4v) is 3.36. The van der Waals surface area contributed by atoms with Crippen molar-refractivity contribution >= 4 is 43.3 Å². The first-order valence-corrected chi connectivity index (χ1v) is 9.18. The molecule has 9 heteroatoms. The molecule has 0 unspecified atom stereocenters. The highest BCUT2D eigenvalue weighted by molar-refractivity contribution is 9.10. The average Bonchev–Trinajstić information content (AvgIpc) is 3.22. The van der Waals surface area contributed by atoms with Gasteiger partial charge >= 0.3 is 0 Å². The molecule has 0 fully saturated rings. The van der Waals surface area contributed by atoms with Gasteiger partial charge in [-0.2, -0.15) is 4.52 Å². The number of carbonyl (C=O) groups is 1. The maximum absolute atomic E-state index is 12.3. The van der Waals surface area contributed by atoms with Gasteiger partial charge in [-0.1, -0.05) is 27.3 Å². The van der Waals surface area contributed by atoms with Crippen LogP contribution in [0, 0.1) is 0 Å². The molecule has 0 aliphatic rings. The number of aromatic nitrogens is 4. The van der Waals surface area contributed by atoms with Crippen LogP contribution in [-0.2, 0) is 0 Å². The van der Waals surface area contributed by atoms with Crippen LogP contribution in [-0.4, -0.2) is 32.8 Å². The highest BCUT2D eigenvalue weighted by atomic mass is 79.9. The van der Waals surface area contributed by atoms with Crippen molar-refractivity contribution in [3.63, 3.8) is 0 Å². The zero-order valence-corrected chi connectivity index (χ0v) is 15.9. The standard InChI is InChI=1S/C17H12BrN5O2S/c1-25-13-8-4-10(5-9-13)14-20-21-17-23(14)22-16(26-17)19-15(24)11-2-6-12(18)7-3-11/h2-9H,1H3,(H,19,22,24).